The average Bonchev–Trinajstić information content (AvgIpc) is 3.03. The van der Waals surface area contributed by atoms with Gasteiger partial charge < -0.3 is 9.22 Å². The number of fused-ring (bicyclic) bond motifs is 5. The van der Waals surface area contributed by atoms with Gasteiger partial charge in [-0.3, -0.25) is 4.98 Å². The first kappa shape index (κ1) is 25.7. The standard InChI is InChI=1S/C38H37N2O/c1-3-27-17-18-35-34(23-27)33(19-21-39-35)38(41-37-16-10-14-30-13-8-9-15-32(30)37)36-24-31-20-22-40(36,26-29(31)4-2)25-28-11-6-5-7-12-28/h3-19,21,23,29,31,36,38H,1-2,20,22,24-26H2/q+1/t29?,31-,36+,38-,40+/m0/s1. The maximum Gasteiger partial charge on any atom is 0.176 e. The van der Waals surface area contributed by atoms with Gasteiger partial charge in [0.2, 0.25) is 0 Å². The summed E-state index contributed by atoms with van der Waals surface area (Å²) in [6.07, 6.45) is 8.30. The Hall–Kier alpha value is -4.21. The van der Waals surface area contributed by atoms with Crippen molar-refractivity contribution in [1.29, 1.82) is 0 Å². The van der Waals surface area contributed by atoms with Crippen LogP contribution in [0.3, 0.4) is 0 Å². The number of ether oxygens (including phenoxy) is 1. The van der Waals surface area contributed by atoms with E-state index in [1.165, 1.54) is 22.9 Å². The third-order valence-electron chi connectivity index (χ3n) is 9.71. The molecule has 3 aliphatic heterocycles. The van der Waals surface area contributed by atoms with E-state index in [4.69, 9.17) is 9.72 Å². The van der Waals surface area contributed by atoms with Gasteiger partial charge >= 0.3 is 0 Å². The lowest BCUT2D eigenvalue weighted by atomic mass is 9.71. The van der Waals surface area contributed by atoms with Crippen LogP contribution in [0.5, 0.6) is 5.75 Å². The minimum absolute atomic E-state index is 0.136. The van der Waals surface area contributed by atoms with Crippen LogP contribution in [-0.4, -0.2) is 28.6 Å². The highest BCUT2D eigenvalue weighted by molar-refractivity contribution is 5.88. The monoisotopic (exact) mass is 537 g/mol. The predicted molar refractivity (Wildman–Crippen MR) is 169 cm³/mol. The van der Waals surface area contributed by atoms with E-state index in [1.807, 2.05) is 12.3 Å². The quantitative estimate of drug-likeness (QED) is 0.146. The van der Waals surface area contributed by atoms with Crippen molar-refractivity contribution in [3.63, 3.8) is 0 Å². The molecule has 1 unspecified atom stereocenters. The maximum atomic E-state index is 7.32. The summed E-state index contributed by atoms with van der Waals surface area (Å²) in [5, 5.41) is 3.50. The zero-order valence-electron chi connectivity index (χ0n) is 23.5. The lowest BCUT2D eigenvalue weighted by Crippen LogP contribution is -2.68. The fraction of sp³-hybridized carbons (Fsp3) is 0.237. The average molecular weight is 538 g/mol. The first-order valence-electron chi connectivity index (χ1n) is 14.9. The van der Waals surface area contributed by atoms with E-state index in [1.54, 1.807) is 0 Å². The number of hydrogen-bond acceptors (Lipinski definition) is 2. The zero-order chi connectivity index (χ0) is 27.8. The Morgan fingerprint density at radius 3 is 2.59 bits per heavy atom. The van der Waals surface area contributed by atoms with Crippen LogP contribution in [0.4, 0.5) is 0 Å². The second kappa shape index (κ2) is 10.6. The van der Waals surface area contributed by atoms with Gasteiger partial charge in [-0.25, -0.2) is 0 Å². The van der Waals surface area contributed by atoms with Gasteiger partial charge in [0, 0.05) is 46.9 Å². The zero-order valence-corrected chi connectivity index (χ0v) is 23.5. The first-order valence-corrected chi connectivity index (χ1v) is 14.9. The lowest BCUT2D eigenvalue weighted by Gasteiger charge is -2.58. The third-order valence-corrected chi connectivity index (χ3v) is 9.71. The van der Waals surface area contributed by atoms with Gasteiger partial charge in [-0.15, -0.1) is 6.58 Å². The molecule has 3 aliphatic rings. The van der Waals surface area contributed by atoms with E-state index in [0.29, 0.717) is 17.9 Å². The number of hydrogen-bond donors (Lipinski definition) is 0. The van der Waals surface area contributed by atoms with Crippen molar-refractivity contribution in [3.05, 3.63) is 139 Å². The summed E-state index contributed by atoms with van der Waals surface area (Å²) < 4.78 is 8.34. The van der Waals surface area contributed by atoms with Gasteiger partial charge in [0.05, 0.1) is 18.6 Å². The van der Waals surface area contributed by atoms with Crippen molar-refractivity contribution in [2.45, 2.75) is 31.5 Å². The Morgan fingerprint density at radius 2 is 1.73 bits per heavy atom. The van der Waals surface area contributed by atoms with E-state index in [9.17, 15) is 0 Å². The van der Waals surface area contributed by atoms with E-state index in [0.717, 1.165) is 58.1 Å². The van der Waals surface area contributed by atoms with Crippen LogP contribution in [0.25, 0.3) is 27.8 Å². The molecule has 5 atom stereocenters. The van der Waals surface area contributed by atoms with E-state index >= 15 is 0 Å². The topological polar surface area (TPSA) is 22.1 Å². The molecule has 4 aromatic carbocycles. The van der Waals surface area contributed by atoms with Gasteiger partial charge in [-0.05, 0) is 41.1 Å². The molecule has 5 aromatic rings. The summed E-state index contributed by atoms with van der Waals surface area (Å²) in [5.74, 6) is 2.10. The van der Waals surface area contributed by atoms with Crippen LogP contribution < -0.4 is 4.74 Å². The second-order valence-corrected chi connectivity index (χ2v) is 11.9. The van der Waals surface area contributed by atoms with Crippen LogP contribution in [0, 0.1) is 11.8 Å². The number of rotatable bonds is 8. The van der Waals surface area contributed by atoms with Crippen LogP contribution in [0.2, 0.25) is 0 Å². The Bertz CT molecular complexity index is 1720. The van der Waals surface area contributed by atoms with E-state index in [-0.39, 0.29) is 6.10 Å². The van der Waals surface area contributed by atoms with Crippen molar-refractivity contribution in [2.24, 2.45) is 11.8 Å². The number of quaternary nitrogens is 1. The first-order chi connectivity index (χ1) is 20.2. The van der Waals surface area contributed by atoms with Crippen molar-refractivity contribution in [1.82, 2.24) is 4.98 Å². The summed E-state index contributed by atoms with van der Waals surface area (Å²) in [6.45, 7) is 11.6. The molecule has 3 fully saturated rings. The van der Waals surface area contributed by atoms with Crippen LogP contribution in [0.15, 0.2) is 122 Å². The number of nitrogens with zero attached hydrogens (tertiary/aromatic N) is 2. The van der Waals surface area contributed by atoms with Crippen molar-refractivity contribution < 1.29 is 9.22 Å². The molecule has 0 amide bonds. The van der Waals surface area contributed by atoms with Gasteiger partial charge in [0.1, 0.15) is 18.3 Å². The molecule has 4 heterocycles. The Balaban J connectivity index is 1.42. The molecule has 1 aromatic heterocycles. The Morgan fingerprint density at radius 1 is 0.902 bits per heavy atom. The molecular weight excluding hydrogens is 500 g/mol. The van der Waals surface area contributed by atoms with Crippen molar-refractivity contribution >= 4 is 27.8 Å². The number of pyridine rings is 1. The van der Waals surface area contributed by atoms with Crippen LogP contribution in [-0.2, 0) is 6.54 Å². The SMILES string of the molecule is C=Cc1ccc2nccc([C@H](Oc3cccc4ccccc34)[C@H]3C[C@@H]4CC[N@@+]3(Cc3ccccc3)CC4C=C)c2c1. The molecule has 0 radical (unpaired) electrons. The molecule has 2 bridgehead atoms. The molecule has 204 valence electrons. The maximum absolute atomic E-state index is 7.32. The Kier molecular flexibility index (Phi) is 6.68. The highest BCUT2D eigenvalue weighted by Gasteiger charge is 2.55. The second-order valence-electron chi connectivity index (χ2n) is 11.9. The predicted octanol–water partition coefficient (Wildman–Crippen LogP) is 8.76. The summed E-state index contributed by atoms with van der Waals surface area (Å²) in [5.41, 5.74) is 4.69. The Labute approximate surface area is 243 Å². The fourth-order valence-corrected chi connectivity index (χ4v) is 7.66. The minimum atomic E-state index is -0.136. The third kappa shape index (κ3) is 4.65. The summed E-state index contributed by atoms with van der Waals surface area (Å²) in [7, 11) is 0. The summed E-state index contributed by atoms with van der Waals surface area (Å²) >= 11 is 0. The number of aromatic nitrogens is 1. The molecule has 3 nitrogen and oxygen atoms in total. The molecule has 3 heteroatoms. The highest BCUT2D eigenvalue weighted by atomic mass is 16.5. The van der Waals surface area contributed by atoms with Gasteiger partial charge in [-0.1, -0.05) is 91.5 Å². The minimum Gasteiger partial charge on any atom is -0.479 e. The van der Waals surface area contributed by atoms with Crippen LogP contribution in [0.1, 0.15) is 35.6 Å². The number of benzene rings is 4. The van der Waals surface area contributed by atoms with Crippen LogP contribution >= 0.6 is 0 Å². The summed E-state index contributed by atoms with van der Waals surface area (Å²) in [6, 6.07) is 34.9. The van der Waals surface area contributed by atoms with Crippen molar-refractivity contribution in [3.8, 4) is 5.75 Å². The van der Waals surface area contributed by atoms with Gasteiger partial charge in [0.15, 0.2) is 6.10 Å². The fourth-order valence-electron chi connectivity index (χ4n) is 7.66. The summed E-state index contributed by atoms with van der Waals surface area (Å²) in [4.78, 5) is 4.75. The van der Waals surface area contributed by atoms with Gasteiger partial charge in [0.25, 0.3) is 0 Å². The normalized spacial score (nSPS) is 24.2. The molecule has 3 saturated heterocycles. The number of piperidine rings is 3. The van der Waals surface area contributed by atoms with Crippen molar-refractivity contribution in [2.75, 3.05) is 13.1 Å². The molecule has 0 aliphatic carbocycles. The van der Waals surface area contributed by atoms with E-state index in [2.05, 4.69) is 116 Å². The smallest absolute Gasteiger partial charge is 0.176 e. The highest BCUT2D eigenvalue weighted by Crippen LogP contribution is 2.49. The van der Waals surface area contributed by atoms with Gasteiger partial charge in [-0.2, -0.15) is 0 Å². The molecule has 0 saturated carbocycles. The van der Waals surface area contributed by atoms with E-state index < -0.39 is 0 Å². The lowest BCUT2D eigenvalue weighted by molar-refractivity contribution is -0.984. The largest absolute Gasteiger partial charge is 0.479 e. The molecular formula is C38H37N2O+. The molecule has 0 spiro atoms. The molecule has 41 heavy (non-hydrogen) atoms. The molecule has 0 N–H and O–H groups in total. The molecule has 8 rings (SSSR count).